The summed E-state index contributed by atoms with van der Waals surface area (Å²) in [4.78, 5) is 11.3. The molecule has 1 aromatic rings. The molecule has 0 fully saturated rings. The molecule has 0 spiro atoms. The van der Waals surface area contributed by atoms with Crippen molar-refractivity contribution in [3.63, 3.8) is 0 Å². The van der Waals surface area contributed by atoms with Gasteiger partial charge in [-0.15, -0.1) is 0 Å². The van der Waals surface area contributed by atoms with Crippen molar-refractivity contribution >= 4 is 51.1 Å². The number of nitrogens with one attached hydrogen (secondary N) is 2. The van der Waals surface area contributed by atoms with E-state index in [4.69, 9.17) is 11.1 Å². The second-order valence-electron chi connectivity index (χ2n) is 2.71. The van der Waals surface area contributed by atoms with Gasteiger partial charge >= 0.3 is 0 Å². The minimum atomic E-state index is -0.155. The van der Waals surface area contributed by atoms with Crippen LogP contribution in [0.4, 0.5) is 5.69 Å². The first kappa shape index (κ1) is 12.3. The Labute approximate surface area is 106 Å². The lowest BCUT2D eigenvalue weighted by atomic mass is 10.3. The van der Waals surface area contributed by atoms with Gasteiger partial charge in [-0.25, -0.2) is 0 Å². The van der Waals surface area contributed by atoms with Crippen LogP contribution in [-0.2, 0) is 4.79 Å². The van der Waals surface area contributed by atoms with Gasteiger partial charge in [0.05, 0.1) is 5.75 Å². The standard InChI is InChI=1S/C9H10IN3OS/c10-6-2-1-3-7(4-6)13-8(14)5-15-9(11)12/h1-4H,5H2,(H3,11,12)(H,13,14). The molecule has 80 valence electrons. The van der Waals surface area contributed by atoms with E-state index in [2.05, 4.69) is 27.9 Å². The first-order chi connectivity index (χ1) is 7.08. The maximum Gasteiger partial charge on any atom is 0.234 e. The Morgan fingerprint density at radius 1 is 1.60 bits per heavy atom. The van der Waals surface area contributed by atoms with Crippen LogP contribution in [0.1, 0.15) is 0 Å². The van der Waals surface area contributed by atoms with Crippen LogP contribution in [0.2, 0.25) is 0 Å². The summed E-state index contributed by atoms with van der Waals surface area (Å²) >= 11 is 3.18. The molecule has 1 rings (SSSR count). The third-order valence-corrected chi connectivity index (χ3v) is 2.86. The number of halogens is 1. The highest BCUT2D eigenvalue weighted by atomic mass is 127. The summed E-state index contributed by atoms with van der Waals surface area (Å²) in [6.45, 7) is 0. The summed E-state index contributed by atoms with van der Waals surface area (Å²) in [6, 6.07) is 7.51. The quantitative estimate of drug-likeness (QED) is 0.448. The van der Waals surface area contributed by atoms with Gasteiger partial charge in [0, 0.05) is 9.26 Å². The number of hydrogen-bond acceptors (Lipinski definition) is 3. The number of benzene rings is 1. The van der Waals surface area contributed by atoms with Crippen LogP contribution in [0.25, 0.3) is 0 Å². The van der Waals surface area contributed by atoms with Gasteiger partial charge in [0.2, 0.25) is 5.91 Å². The molecule has 1 amide bonds. The van der Waals surface area contributed by atoms with E-state index in [0.29, 0.717) is 0 Å². The molecule has 0 aromatic heterocycles. The molecule has 6 heteroatoms. The van der Waals surface area contributed by atoms with Crippen molar-refractivity contribution in [2.45, 2.75) is 0 Å². The zero-order chi connectivity index (χ0) is 11.3. The van der Waals surface area contributed by atoms with E-state index in [-0.39, 0.29) is 16.8 Å². The topological polar surface area (TPSA) is 79.0 Å². The third-order valence-electron chi connectivity index (χ3n) is 1.47. The number of nitrogens with two attached hydrogens (primary N) is 1. The van der Waals surface area contributed by atoms with E-state index in [0.717, 1.165) is 21.0 Å². The van der Waals surface area contributed by atoms with Crippen LogP contribution in [0.15, 0.2) is 24.3 Å². The fourth-order valence-electron chi connectivity index (χ4n) is 0.907. The fraction of sp³-hybridized carbons (Fsp3) is 0.111. The van der Waals surface area contributed by atoms with Crippen molar-refractivity contribution in [2.24, 2.45) is 5.73 Å². The van der Waals surface area contributed by atoms with Crippen molar-refractivity contribution in [3.8, 4) is 0 Å². The van der Waals surface area contributed by atoms with Gasteiger partial charge in [0.15, 0.2) is 5.17 Å². The summed E-state index contributed by atoms with van der Waals surface area (Å²) in [7, 11) is 0. The largest absolute Gasteiger partial charge is 0.379 e. The molecule has 0 aliphatic rings. The van der Waals surface area contributed by atoms with Gasteiger partial charge in [-0.05, 0) is 40.8 Å². The van der Waals surface area contributed by atoms with E-state index >= 15 is 0 Å². The van der Waals surface area contributed by atoms with Crippen molar-refractivity contribution in [1.29, 1.82) is 5.41 Å². The molecule has 0 heterocycles. The molecular formula is C9H10IN3OS. The molecule has 0 saturated heterocycles. The van der Waals surface area contributed by atoms with Crippen LogP contribution in [-0.4, -0.2) is 16.8 Å². The average molecular weight is 335 g/mol. The molecule has 4 nitrogen and oxygen atoms in total. The maximum absolute atomic E-state index is 11.3. The molecule has 1 aromatic carbocycles. The van der Waals surface area contributed by atoms with E-state index < -0.39 is 0 Å². The molecule has 0 unspecified atom stereocenters. The average Bonchev–Trinajstić information content (AvgIpc) is 2.15. The molecule has 0 bridgehead atoms. The molecule has 0 aliphatic carbocycles. The van der Waals surface area contributed by atoms with Crippen LogP contribution >= 0.6 is 34.4 Å². The Hall–Kier alpha value is -0.760. The molecular weight excluding hydrogens is 325 g/mol. The lowest BCUT2D eigenvalue weighted by molar-refractivity contribution is -0.113. The van der Waals surface area contributed by atoms with Crippen LogP contribution < -0.4 is 11.1 Å². The number of hydrogen-bond donors (Lipinski definition) is 3. The van der Waals surface area contributed by atoms with Gasteiger partial charge in [-0.3, -0.25) is 10.2 Å². The lowest BCUT2D eigenvalue weighted by Gasteiger charge is -2.04. The van der Waals surface area contributed by atoms with E-state index in [1.807, 2.05) is 24.3 Å². The van der Waals surface area contributed by atoms with Crippen molar-refractivity contribution in [2.75, 3.05) is 11.1 Å². The monoisotopic (exact) mass is 335 g/mol. The van der Waals surface area contributed by atoms with Gasteiger partial charge in [-0.1, -0.05) is 17.8 Å². The smallest absolute Gasteiger partial charge is 0.234 e. The minimum Gasteiger partial charge on any atom is -0.379 e. The number of anilines is 1. The number of carbonyl (C=O) groups is 1. The first-order valence-electron chi connectivity index (χ1n) is 4.10. The molecule has 0 aliphatic heterocycles. The summed E-state index contributed by atoms with van der Waals surface area (Å²) in [5, 5.41) is 9.63. The number of amidine groups is 1. The Kier molecular flexibility index (Phi) is 4.89. The summed E-state index contributed by atoms with van der Waals surface area (Å²) in [5.41, 5.74) is 5.88. The molecule has 0 saturated carbocycles. The van der Waals surface area contributed by atoms with Crippen molar-refractivity contribution in [1.82, 2.24) is 0 Å². The maximum atomic E-state index is 11.3. The molecule has 15 heavy (non-hydrogen) atoms. The Balaban J connectivity index is 2.48. The van der Waals surface area contributed by atoms with E-state index in [1.54, 1.807) is 0 Å². The predicted molar refractivity (Wildman–Crippen MR) is 72.2 cm³/mol. The summed E-state index contributed by atoms with van der Waals surface area (Å²) in [6.07, 6.45) is 0. The zero-order valence-corrected chi connectivity index (χ0v) is 10.8. The molecule has 0 radical (unpaired) electrons. The van der Waals surface area contributed by atoms with Crippen molar-refractivity contribution in [3.05, 3.63) is 27.8 Å². The van der Waals surface area contributed by atoms with E-state index in [9.17, 15) is 4.79 Å². The lowest BCUT2D eigenvalue weighted by Crippen LogP contribution is -2.17. The first-order valence-corrected chi connectivity index (χ1v) is 6.16. The summed E-state index contributed by atoms with van der Waals surface area (Å²) in [5.74, 6) is 0.0121. The van der Waals surface area contributed by atoms with Gasteiger partial charge < -0.3 is 11.1 Å². The Morgan fingerprint density at radius 3 is 2.93 bits per heavy atom. The highest BCUT2D eigenvalue weighted by Gasteiger charge is 2.03. The summed E-state index contributed by atoms with van der Waals surface area (Å²) < 4.78 is 1.06. The van der Waals surface area contributed by atoms with E-state index in [1.165, 1.54) is 0 Å². The van der Waals surface area contributed by atoms with Gasteiger partial charge in [0.25, 0.3) is 0 Å². The number of amides is 1. The van der Waals surface area contributed by atoms with Crippen LogP contribution in [0.3, 0.4) is 0 Å². The fourth-order valence-corrected chi connectivity index (χ4v) is 1.81. The SMILES string of the molecule is N=C(N)SCC(=O)Nc1cccc(I)c1. The Bertz CT molecular complexity index is 383. The highest BCUT2D eigenvalue weighted by Crippen LogP contribution is 2.12. The normalized spacial score (nSPS) is 9.67. The zero-order valence-electron chi connectivity index (χ0n) is 7.79. The molecule has 0 atom stereocenters. The van der Waals surface area contributed by atoms with Crippen LogP contribution in [0.5, 0.6) is 0 Å². The molecule has 4 N–H and O–H groups in total. The van der Waals surface area contributed by atoms with Gasteiger partial charge in [-0.2, -0.15) is 0 Å². The number of carbonyl (C=O) groups excluding carboxylic acids is 1. The Morgan fingerprint density at radius 2 is 2.33 bits per heavy atom. The highest BCUT2D eigenvalue weighted by molar-refractivity contribution is 14.1. The van der Waals surface area contributed by atoms with Gasteiger partial charge in [0.1, 0.15) is 0 Å². The number of thioether (sulfide) groups is 1. The minimum absolute atomic E-state index is 0.0483. The number of rotatable bonds is 3. The second-order valence-corrected chi connectivity index (χ2v) is 4.97. The van der Waals surface area contributed by atoms with Crippen molar-refractivity contribution < 1.29 is 4.79 Å². The third kappa shape index (κ3) is 5.03. The predicted octanol–water partition coefficient (Wildman–Crippen LogP) is 1.86. The second kappa shape index (κ2) is 5.96. The van der Waals surface area contributed by atoms with Crippen LogP contribution in [0, 0.1) is 8.98 Å².